The number of benzene rings is 3. The van der Waals surface area contributed by atoms with Gasteiger partial charge < -0.3 is 15.1 Å². The minimum atomic E-state index is -0.0258. The summed E-state index contributed by atoms with van der Waals surface area (Å²) in [6.07, 6.45) is 0. The van der Waals surface area contributed by atoms with Gasteiger partial charge >= 0.3 is 6.03 Å². The Morgan fingerprint density at radius 3 is 2.59 bits per heavy atom. The fourth-order valence-electron chi connectivity index (χ4n) is 3.86. The molecule has 1 fully saturated rings. The molecule has 1 heterocycles. The Morgan fingerprint density at radius 2 is 1.78 bits per heavy atom. The van der Waals surface area contributed by atoms with Crippen LogP contribution in [0.4, 0.5) is 16.2 Å². The van der Waals surface area contributed by atoms with Crippen LogP contribution in [0.1, 0.15) is 12.5 Å². The number of nitrogens with zero attached hydrogens (tertiary/aromatic N) is 2. The molecule has 1 atom stereocenters. The normalized spacial score (nSPS) is 17.2. The lowest BCUT2D eigenvalue weighted by Gasteiger charge is -2.41. The minimum Gasteiger partial charge on any atom is -0.365 e. The van der Waals surface area contributed by atoms with Gasteiger partial charge in [-0.2, -0.15) is 0 Å². The molecule has 27 heavy (non-hydrogen) atoms. The average Bonchev–Trinajstić information content (AvgIpc) is 2.68. The molecule has 1 aliphatic rings. The van der Waals surface area contributed by atoms with Crippen LogP contribution >= 0.6 is 0 Å². The molecule has 0 aliphatic carbocycles. The molecule has 0 spiro atoms. The molecule has 1 N–H and O–H groups in total. The summed E-state index contributed by atoms with van der Waals surface area (Å²) >= 11 is 0. The van der Waals surface area contributed by atoms with Crippen LogP contribution in [0.3, 0.4) is 0 Å². The van der Waals surface area contributed by atoms with Gasteiger partial charge in [0.1, 0.15) is 0 Å². The Hall–Kier alpha value is -3.01. The van der Waals surface area contributed by atoms with E-state index >= 15 is 0 Å². The number of piperazine rings is 1. The van der Waals surface area contributed by atoms with E-state index in [0.717, 1.165) is 29.5 Å². The third kappa shape index (κ3) is 3.61. The summed E-state index contributed by atoms with van der Waals surface area (Å²) in [4.78, 5) is 17.1. The highest BCUT2D eigenvalue weighted by Crippen LogP contribution is 2.25. The van der Waals surface area contributed by atoms with Crippen molar-refractivity contribution in [2.45, 2.75) is 19.9 Å². The number of amides is 2. The molecule has 1 saturated heterocycles. The van der Waals surface area contributed by atoms with Crippen molar-refractivity contribution in [3.63, 3.8) is 0 Å². The zero-order valence-corrected chi connectivity index (χ0v) is 15.9. The topological polar surface area (TPSA) is 35.6 Å². The highest BCUT2D eigenvalue weighted by Gasteiger charge is 2.27. The second-order valence-electron chi connectivity index (χ2n) is 7.28. The molecule has 0 aromatic heterocycles. The van der Waals surface area contributed by atoms with E-state index in [4.69, 9.17) is 0 Å². The standard InChI is InChI=1S/C23H25N3O/c1-17-7-5-10-20(15-17)26-14-13-25(16-18(26)2)23(27)24-22-12-6-9-19-8-3-4-11-21(19)22/h3-12,15,18H,13-14,16H2,1-2H3,(H,24,27). The molecule has 0 radical (unpaired) electrons. The molecule has 1 unspecified atom stereocenters. The molecule has 4 heteroatoms. The van der Waals surface area contributed by atoms with Gasteiger partial charge in [0.05, 0.1) is 5.69 Å². The second-order valence-corrected chi connectivity index (χ2v) is 7.28. The summed E-state index contributed by atoms with van der Waals surface area (Å²) in [5.74, 6) is 0. The van der Waals surface area contributed by atoms with Crippen molar-refractivity contribution in [1.29, 1.82) is 0 Å². The Morgan fingerprint density at radius 1 is 1.00 bits per heavy atom. The van der Waals surface area contributed by atoms with E-state index in [1.165, 1.54) is 11.3 Å². The molecule has 138 valence electrons. The van der Waals surface area contributed by atoms with Crippen molar-refractivity contribution in [2.24, 2.45) is 0 Å². The highest BCUT2D eigenvalue weighted by molar-refractivity contribution is 6.01. The SMILES string of the molecule is Cc1cccc(N2CCN(C(=O)Nc3cccc4ccccc34)CC2C)c1. The van der Waals surface area contributed by atoms with E-state index < -0.39 is 0 Å². The van der Waals surface area contributed by atoms with Gasteiger partial charge in [-0.05, 0) is 43.0 Å². The number of nitrogens with one attached hydrogen (secondary N) is 1. The van der Waals surface area contributed by atoms with E-state index in [0.29, 0.717) is 6.54 Å². The molecule has 4 nitrogen and oxygen atoms in total. The summed E-state index contributed by atoms with van der Waals surface area (Å²) in [6, 6.07) is 23.0. The van der Waals surface area contributed by atoms with E-state index in [1.807, 2.05) is 35.2 Å². The molecule has 4 rings (SSSR count). The Kier molecular flexibility index (Phi) is 4.71. The number of urea groups is 1. The van der Waals surface area contributed by atoms with Crippen LogP contribution in [0.2, 0.25) is 0 Å². The lowest BCUT2D eigenvalue weighted by Crippen LogP contribution is -2.54. The molecule has 3 aromatic rings. The molecular weight excluding hydrogens is 334 g/mol. The predicted molar refractivity (Wildman–Crippen MR) is 113 cm³/mol. The van der Waals surface area contributed by atoms with Crippen molar-refractivity contribution in [2.75, 3.05) is 29.9 Å². The number of hydrogen-bond acceptors (Lipinski definition) is 2. The smallest absolute Gasteiger partial charge is 0.321 e. The Balaban J connectivity index is 1.46. The van der Waals surface area contributed by atoms with Crippen LogP contribution < -0.4 is 10.2 Å². The highest BCUT2D eigenvalue weighted by atomic mass is 16.2. The largest absolute Gasteiger partial charge is 0.365 e. The monoisotopic (exact) mass is 359 g/mol. The molecule has 2 amide bonds. The van der Waals surface area contributed by atoms with Gasteiger partial charge in [0.25, 0.3) is 0 Å². The van der Waals surface area contributed by atoms with Gasteiger partial charge in [-0.3, -0.25) is 0 Å². The summed E-state index contributed by atoms with van der Waals surface area (Å²) < 4.78 is 0. The first-order valence-corrected chi connectivity index (χ1v) is 9.49. The van der Waals surface area contributed by atoms with Gasteiger partial charge in [0.2, 0.25) is 0 Å². The number of aryl methyl sites for hydroxylation is 1. The van der Waals surface area contributed by atoms with Crippen LogP contribution in [0.15, 0.2) is 66.7 Å². The van der Waals surface area contributed by atoms with E-state index in [1.54, 1.807) is 0 Å². The maximum absolute atomic E-state index is 12.9. The van der Waals surface area contributed by atoms with Crippen molar-refractivity contribution in [3.05, 3.63) is 72.3 Å². The van der Waals surface area contributed by atoms with Gasteiger partial charge in [0.15, 0.2) is 0 Å². The van der Waals surface area contributed by atoms with Crippen LogP contribution in [0.5, 0.6) is 0 Å². The number of fused-ring (bicyclic) bond motifs is 1. The third-order valence-corrected chi connectivity index (χ3v) is 5.28. The molecule has 3 aromatic carbocycles. The number of carbonyl (C=O) groups is 1. The predicted octanol–water partition coefficient (Wildman–Crippen LogP) is 4.89. The van der Waals surface area contributed by atoms with E-state index in [9.17, 15) is 4.79 Å². The fourth-order valence-corrected chi connectivity index (χ4v) is 3.86. The Bertz CT molecular complexity index is 963. The first kappa shape index (κ1) is 17.4. The second kappa shape index (κ2) is 7.31. The van der Waals surface area contributed by atoms with Crippen molar-refractivity contribution in [1.82, 2.24) is 4.90 Å². The Labute approximate surface area is 160 Å². The lowest BCUT2D eigenvalue weighted by atomic mass is 10.1. The van der Waals surface area contributed by atoms with Crippen molar-refractivity contribution in [3.8, 4) is 0 Å². The molecule has 0 bridgehead atoms. The van der Waals surface area contributed by atoms with Crippen molar-refractivity contribution < 1.29 is 4.79 Å². The van der Waals surface area contributed by atoms with Gasteiger partial charge in [-0.1, -0.05) is 48.5 Å². The summed E-state index contributed by atoms with van der Waals surface area (Å²) in [7, 11) is 0. The van der Waals surface area contributed by atoms with Gasteiger partial charge in [-0.15, -0.1) is 0 Å². The summed E-state index contributed by atoms with van der Waals surface area (Å²) in [5.41, 5.74) is 3.36. The first-order chi connectivity index (χ1) is 13.1. The average molecular weight is 359 g/mol. The third-order valence-electron chi connectivity index (χ3n) is 5.28. The van der Waals surface area contributed by atoms with E-state index in [2.05, 4.69) is 60.5 Å². The van der Waals surface area contributed by atoms with Crippen LogP contribution in [-0.4, -0.2) is 36.6 Å². The van der Waals surface area contributed by atoms with Crippen LogP contribution in [-0.2, 0) is 0 Å². The van der Waals surface area contributed by atoms with Crippen LogP contribution in [0, 0.1) is 6.92 Å². The number of carbonyl (C=O) groups excluding carboxylic acids is 1. The quantitative estimate of drug-likeness (QED) is 0.707. The van der Waals surface area contributed by atoms with E-state index in [-0.39, 0.29) is 12.1 Å². The maximum atomic E-state index is 12.9. The van der Waals surface area contributed by atoms with Gasteiger partial charge in [0, 0.05) is 36.7 Å². The molecule has 1 aliphatic heterocycles. The maximum Gasteiger partial charge on any atom is 0.321 e. The molecular formula is C23H25N3O. The number of anilines is 2. The number of hydrogen-bond donors (Lipinski definition) is 1. The van der Waals surface area contributed by atoms with Crippen molar-refractivity contribution >= 4 is 28.2 Å². The zero-order chi connectivity index (χ0) is 18.8. The zero-order valence-electron chi connectivity index (χ0n) is 15.9. The van der Waals surface area contributed by atoms with Gasteiger partial charge in [-0.25, -0.2) is 4.79 Å². The number of rotatable bonds is 2. The minimum absolute atomic E-state index is 0.0258. The lowest BCUT2D eigenvalue weighted by molar-refractivity contribution is 0.200. The first-order valence-electron chi connectivity index (χ1n) is 9.49. The summed E-state index contributed by atoms with van der Waals surface area (Å²) in [6.45, 7) is 6.56. The van der Waals surface area contributed by atoms with Crippen LogP contribution in [0.25, 0.3) is 10.8 Å². The summed E-state index contributed by atoms with van der Waals surface area (Å²) in [5, 5.41) is 5.31. The fraction of sp³-hybridized carbons (Fsp3) is 0.261. The molecule has 0 saturated carbocycles.